The Bertz CT molecular complexity index is 650. The van der Waals surface area contributed by atoms with Crippen molar-refractivity contribution in [1.29, 1.82) is 0 Å². The number of hydrogen-bond acceptors (Lipinski definition) is 4. The molecule has 0 spiro atoms. The van der Waals surface area contributed by atoms with E-state index in [4.69, 9.17) is 0 Å². The van der Waals surface area contributed by atoms with Crippen molar-refractivity contribution < 1.29 is 4.79 Å². The zero-order chi connectivity index (χ0) is 16.1. The monoisotopic (exact) mass is 298 g/mol. The maximum atomic E-state index is 11.7. The molecule has 0 unspecified atom stereocenters. The second-order valence-electron chi connectivity index (χ2n) is 5.89. The molecule has 22 heavy (non-hydrogen) atoms. The van der Waals surface area contributed by atoms with Crippen molar-refractivity contribution in [3.05, 3.63) is 41.5 Å². The van der Waals surface area contributed by atoms with Gasteiger partial charge in [-0.25, -0.2) is 0 Å². The summed E-state index contributed by atoms with van der Waals surface area (Å²) in [6.45, 7) is 8.09. The average Bonchev–Trinajstić information content (AvgIpc) is 2.44. The van der Waals surface area contributed by atoms with Crippen molar-refractivity contribution in [2.45, 2.75) is 34.1 Å². The molecule has 0 aliphatic heterocycles. The van der Waals surface area contributed by atoms with E-state index in [1.807, 2.05) is 27.7 Å². The largest absolute Gasteiger partial charge is 0.339 e. The summed E-state index contributed by atoms with van der Waals surface area (Å²) in [7, 11) is 0. The van der Waals surface area contributed by atoms with Crippen LogP contribution in [0.25, 0.3) is 0 Å². The number of aryl methyl sites for hydroxylation is 2. The lowest BCUT2D eigenvalue weighted by atomic mass is 10.1. The molecule has 1 amide bonds. The lowest BCUT2D eigenvalue weighted by Gasteiger charge is -2.10. The van der Waals surface area contributed by atoms with E-state index in [1.54, 1.807) is 12.1 Å². The average molecular weight is 298 g/mol. The topological polar surface area (TPSA) is 66.9 Å². The summed E-state index contributed by atoms with van der Waals surface area (Å²) >= 11 is 0. The van der Waals surface area contributed by atoms with Crippen molar-refractivity contribution in [1.82, 2.24) is 10.2 Å². The molecule has 0 aliphatic rings. The number of carbonyl (C=O) groups excluding carboxylic acids is 1. The Morgan fingerprint density at radius 1 is 1.09 bits per heavy atom. The van der Waals surface area contributed by atoms with Crippen molar-refractivity contribution in [2.75, 3.05) is 10.6 Å². The Balaban J connectivity index is 2.03. The molecule has 2 rings (SSSR count). The molecule has 0 fully saturated rings. The van der Waals surface area contributed by atoms with Crippen LogP contribution in [0.1, 0.15) is 31.4 Å². The van der Waals surface area contributed by atoms with E-state index in [-0.39, 0.29) is 5.91 Å². The Labute approximate surface area is 131 Å². The van der Waals surface area contributed by atoms with E-state index in [0.717, 1.165) is 11.3 Å². The van der Waals surface area contributed by atoms with Crippen LogP contribution in [0, 0.1) is 19.8 Å². The van der Waals surface area contributed by atoms with Gasteiger partial charge in [0.25, 0.3) is 0 Å². The first-order valence-electron chi connectivity index (χ1n) is 7.42. The van der Waals surface area contributed by atoms with E-state index >= 15 is 0 Å². The number of anilines is 3. The summed E-state index contributed by atoms with van der Waals surface area (Å²) in [5.41, 5.74) is 3.33. The number of hydrogen-bond donors (Lipinski definition) is 2. The molecule has 2 N–H and O–H groups in total. The smallest absolute Gasteiger partial charge is 0.225 e. The van der Waals surface area contributed by atoms with Crippen LogP contribution in [-0.2, 0) is 4.79 Å². The first-order valence-corrected chi connectivity index (χ1v) is 7.42. The van der Waals surface area contributed by atoms with E-state index in [0.29, 0.717) is 24.0 Å². The molecule has 116 valence electrons. The fourth-order valence-corrected chi connectivity index (χ4v) is 2.04. The molecule has 2 aromatic rings. The minimum Gasteiger partial charge on any atom is -0.339 e. The van der Waals surface area contributed by atoms with Gasteiger partial charge in [0.05, 0.1) is 0 Å². The Hall–Kier alpha value is -2.43. The Morgan fingerprint density at radius 3 is 2.41 bits per heavy atom. The number of aromatic nitrogens is 2. The van der Waals surface area contributed by atoms with Gasteiger partial charge in [0.15, 0.2) is 11.6 Å². The predicted octanol–water partition coefficient (Wildman–Crippen LogP) is 3.82. The van der Waals surface area contributed by atoms with Gasteiger partial charge in [-0.1, -0.05) is 26.0 Å². The van der Waals surface area contributed by atoms with Gasteiger partial charge in [-0.3, -0.25) is 4.79 Å². The molecule has 0 aliphatic carbocycles. The molecule has 0 saturated heterocycles. The second kappa shape index (κ2) is 7.02. The van der Waals surface area contributed by atoms with Gasteiger partial charge in [-0.2, -0.15) is 0 Å². The predicted molar refractivity (Wildman–Crippen MR) is 89.3 cm³/mol. The highest BCUT2D eigenvalue weighted by Gasteiger charge is 2.07. The fraction of sp³-hybridized carbons (Fsp3) is 0.353. The summed E-state index contributed by atoms with van der Waals surface area (Å²) in [4.78, 5) is 11.7. The van der Waals surface area contributed by atoms with Crippen molar-refractivity contribution >= 4 is 23.2 Å². The highest BCUT2D eigenvalue weighted by molar-refractivity contribution is 5.89. The highest BCUT2D eigenvalue weighted by Crippen LogP contribution is 2.20. The fourth-order valence-electron chi connectivity index (χ4n) is 2.04. The highest BCUT2D eigenvalue weighted by atomic mass is 16.1. The van der Waals surface area contributed by atoms with Crippen LogP contribution in [-0.4, -0.2) is 16.1 Å². The second-order valence-corrected chi connectivity index (χ2v) is 5.89. The molecule has 5 heteroatoms. The first kappa shape index (κ1) is 15.9. The molecule has 0 bridgehead atoms. The number of nitrogens with zero attached hydrogens (tertiary/aromatic N) is 2. The SMILES string of the molecule is Cc1ccc(C)c(Nc2ccc(NC(=O)CC(C)C)nn2)c1. The standard InChI is InChI=1S/C17H22N4O/c1-11(2)9-17(22)19-16-8-7-15(20-21-16)18-14-10-12(3)5-6-13(14)4/h5-8,10-11H,9H2,1-4H3,(H,18,20)(H,19,21,22). The third-order valence-corrected chi connectivity index (χ3v) is 3.18. The molecule has 0 radical (unpaired) electrons. The summed E-state index contributed by atoms with van der Waals surface area (Å²) in [5, 5.41) is 14.1. The van der Waals surface area contributed by atoms with Gasteiger partial charge in [0, 0.05) is 12.1 Å². The number of amides is 1. The maximum Gasteiger partial charge on any atom is 0.225 e. The quantitative estimate of drug-likeness (QED) is 0.880. The maximum absolute atomic E-state index is 11.7. The summed E-state index contributed by atoms with van der Waals surface area (Å²) < 4.78 is 0. The normalized spacial score (nSPS) is 10.6. The van der Waals surface area contributed by atoms with Crippen LogP contribution in [0.3, 0.4) is 0 Å². The van der Waals surface area contributed by atoms with Gasteiger partial charge in [-0.15, -0.1) is 10.2 Å². The van der Waals surface area contributed by atoms with Gasteiger partial charge in [0.1, 0.15) is 0 Å². The third kappa shape index (κ3) is 4.55. The van der Waals surface area contributed by atoms with Gasteiger partial charge < -0.3 is 10.6 Å². The molecular weight excluding hydrogens is 276 g/mol. The molecule has 1 aromatic carbocycles. The molecule has 1 heterocycles. The minimum absolute atomic E-state index is 0.0421. The molecule has 1 aromatic heterocycles. The van der Waals surface area contributed by atoms with Gasteiger partial charge in [0.2, 0.25) is 5.91 Å². The number of benzene rings is 1. The van der Waals surface area contributed by atoms with Crippen LogP contribution in [0.4, 0.5) is 17.3 Å². The van der Waals surface area contributed by atoms with Gasteiger partial charge in [-0.05, 0) is 49.1 Å². The van der Waals surface area contributed by atoms with E-state index in [9.17, 15) is 4.79 Å². The lowest BCUT2D eigenvalue weighted by Crippen LogP contribution is -2.15. The van der Waals surface area contributed by atoms with Crippen LogP contribution in [0.15, 0.2) is 30.3 Å². The van der Waals surface area contributed by atoms with E-state index in [2.05, 4.69) is 39.0 Å². The molecule has 5 nitrogen and oxygen atoms in total. The van der Waals surface area contributed by atoms with E-state index in [1.165, 1.54) is 5.56 Å². The molecular formula is C17H22N4O. The van der Waals surface area contributed by atoms with Crippen LogP contribution < -0.4 is 10.6 Å². The molecule has 0 saturated carbocycles. The third-order valence-electron chi connectivity index (χ3n) is 3.18. The van der Waals surface area contributed by atoms with Crippen LogP contribution >= 0.6 is 0 Å². The Kier molecular flexibility index (Phi) is 5.09. The zero-order valence-corrected chi connectivity index (χ0v) is 13.5. The van der Waals surface area contributed by atoms with Crippen LogP contribution in [0.5, 0.6) is 0 Å². The molecule has 0 atom stereocenters. The number of rotatable bonds is 5. The zero-order valence-electron chi connectivity index (χ0n) is 13.5. The summed E-state index contributed by atoms with van der Waals surface area (Å²) in [6, 6.07) is 9.75. The van der Waals surface area contributed by atoms with Crippen molar-refractivity contribution in [3.8, 4) is 0 Å². The minimum atomic E-state index is -0.0421. The lowest BCUT2D eigenvalue weighted by molar-refractivity contribution is -0.116. The number of nitrogens with one attached hydrogen (secondary N) is 2. The van der Waals surface area contributed by atoms with Crippen LogP contribution in [0.2, 0.25) is 0 Å². The first-order chi connectivity index (χ1) is 10.4. The van der Waals surface area contributed by atoms with Crippen molar-refractivity contribution in [2.24, 2.45) is 5.92 Å². The summed E-state index contributed by atoms with van der Waals surface area (Å²) in [6.07, 6.45) is 0.476. The Morgan fingerprint density at radius 2 is 1.77 bits per heavy atom. The van der Waals surface area contributed by atoms with Crippen molar-refractivity contribution in [3.63, 3.8) is 0 Å². The van der Waals surface area contributed by atoms with E-state index < -0.39 is 0 Å². The summed E-state index contributed by atoms with van der Waals surface area (Å²) in [5.74, 6) is 1.39. The number of carbonyl (C=O) groups is 1. The van der Waals surface area contributed by atoms with Gasteiger partial charge >= 0.3 is 0 Å².